The average molecular weight is 596 g/mol. The van der Waals surface area contributed by atoms with Crippen molar-refractivity contribution in [3.63, 3.8) is 0 Å². The van der Waals surface area contributed by atoms with Gasteiger partial charge in [-0.1, -0.05) is 36.4 Å². The third kappa shape index (κ3) is 7.05. The van der Waals surface area contributed by atoms with Crippen LogP contribution in [0.15, 0.2) is 78.9 Å². The number of amides is 4. The van der Waals surface area contributed by atoms with Gasteiger partial charge in [-0.25, -0.2) is 4.79 Å². The highest BCUT2D eigenvalue weighted by Crippen LogP contribution is 2.32. The molecule has 0 aliphatic carbocycles. The fraction of sp³-hybridized carbons (Fsp3) is 0.400. The number of hydrogen-bond acceptors (Lipinski definition) is 5. The molecule has 0 saturated carbocycles. The Balaban J connectivity index is 0.896. The number of piperidine rings is 1. The molecule has 3 heterocycles. The molecule has 3 aliphatic heterocycles. The molecule has 9 heteroatoms. The molecule has 1 N–H and O–H groups in total. The number of ether oxygens (including phenoxy) is 1. The van der Waals surface area contributed by atoms with Gasteiger partial charge in [-0.05, 0) is 73.7 Å². The van der Waals surface area contributed by atoms with E-state index in [0.29, 0.717) is 44.8 Å². The number of hydrogen-bond donors (Lipinski definition) is 1. The van der Waals surface area contributed by atoms with E-state index in [4.69, 9.17) is 4.74 Å². The van der Waals surface area contributed by atoms with Crippen LogP contribution in [-0.4, -0.2) is 91.0 Å². The zero-order valence-corrected chi connectivity index (χ0v) is 25.2. The van der Waals surface area contributed by atoms with Gasteiger partial charge in [0.05, 0.1) is 6.61 Å². The van der Waals surface area contributed by atoms with E-state index < -0.39 is 0 Å². The first-order valence-electron chi connectivity index (χ1n) is 15.8. The molecule has 0 aromatic heterocycles. The van der Waals surface area contributed by atoms with Crippen LogP contribution in [-0.2, 0) is 11.2 Å². The van der Waals surface area contributed by atoms with Gasteiger partial charge in [0.25, 0.3) is 5.91 Å². The number of rotatable bonds is 8. The third-order valence-corrected chi connectivity index (χ3v) is 8.92. The Kier molecular flexibility index (Phi) is 9.41. The first kappa shape index (κ1) is 29.7. The number of aryl methyl sites for hydroxylation is 1. The molecule has 6 rings (SSSR count). The Hall–Kier alpha value is -4.37. The summed E-state index contributed by atoms with van der Waals surface area (Å²) in [4.78, 5) is 46.6. The Morgan fingerprint density at radius 1 is 0.773 bits per heavy atom. The van der Waals surface area contributed by atoms with Gasteiger partial charge >= 0.3 is 6.03 Å². The number of urea groups is 1. The van der Waals surface area contributed by atoms with Crippen molar-refractivity contribution < 1.29 is 19.1 Å². The summed E-state index contributed by atoms with van der Waals surface area (Å²) in [6.07, 6.45) is 3.80. The molecule has 3 aliphatic rings. The zero-order valence-electron chi connectivity index (χ0n) is 25.2. The van der Waals surface area contributed by atoms with Crippen molar-refractivity contribution in [3.8, 4) is 5.75 Å². The summed E-state index contributed by atoms with van der Waals surface area (Å²) in [5.74, 6) is 0.970. The van der Waals surface area contributed by atoms with Crippen molar-refractivity contribution >= 4 is 29.2 Å². The van der Waals surface area contributed by atoms with Gasteiger partial charge in [0, 0.05) is 75.2 Å². The molecule has 2 fully saturated rings. The first-order chi connectivity index (χ1) is 21.5. The number of benzene rings is 3. The van der Waals surface area contributed by atoms with Crippen LogP contribution in [0.2, 0.25) is 0 Å². The molecule has 0 unspecified atom stereocenters. The highest BCUT2D eigenvalue weighted by molar-refractivity contribution is 5.97. The van der Waals surface area contributed by atoms with Crippen LogP contribution in [0.5, 0.6) is 5.75 Å². The van der Waals surface area contributed by atoms with E-state index in [1.807, 2.05) is 87.5 Å². The second kappa shape index (κ2) is 13.9. The maximum Gasteiger partial charge on any atom is 0.321 e. The molecule has 0 spiro atoms. The van der Waals surface area contributed by atoms with Crippen molar-refractivity contribution in [2.24, 2.45) is 0 Å². The molecule has 230 valence electrons. The minimum Gasteiger partial charge on any atom is -0.494 e. The van der Waals surface area contributed by atoms with Crippen LogP contribution in [0.4, 0.5) is 16.2 Å². The van der Waals surface area contributed by atoms with Crippen molar-refractivity contribution in [2.45, 2.75) is 38.1 Å². The monoisotopic (exact) mass is 595 g/mol. The fourth-order valence-electron chi connectivity index (χ4n) is 6.43. The van der Waals surface area contributed by atoms with E-state index in [1.165, 1.54) is 5.56 Å². The largest absolute Gasteiger partial charge is 0.494 e. The van der Waals surface area contributed by atoms with Crippen molar-refractivity contribution in [2.75, 3.05) is 62.6 Å². The lowest BCUT2D eigenvalue weighted by Crippen LogP contribution is -2.50. The molecule has 3 aromatic carbocycles. The number of anilines is 2. The summed E-state index contributed by atoms with van der Waals surface area (Å²) < 4.78 is 5.96. The topological polar surface area (TPSA) is 85.4 Å². The number of carbonyl (C=O) groups excluding carboxylic acids is 3. The standard InChI is InChI=1S/C35H41N5O4/c41-33-16-13-27-7-4-5-10-32(27)40(33)30-17-20-38(21-18-30)34(42)28-11-14-31(15-12-28)44-26-6-19-37-22-24-39(25-23-37)35(43)36-29-8-2-1-3-9-29/h1-5,7-12,14-15,30H,6,13,16-26H2,(H,36,43). The van der Waals surface area contributed by atoms with Crippen LogP contribution in [0, 0.1) is 0 Å². The van der Waals surface area contributed by atoms with Crippen molar-refractivity contribution in [1.82, 2.24) is 14.7 Å². The van der Waals surface area contributed by atoms with Crippen LogP contribution in [0.3, 0.4) is 0 Å². The first-order valence-corrected chi connectivity index (χ1v) is 15.8. The van der Waals surface area contributed by atoms with Crippen LogP contribution in [0.25, 0.3) is 0 Å². The van der Waals surface area contributed by atoms with Crippen molar-refractivity contribution in [3.05, 3.63) is 90.0 Å². The maximum absolute atomic E-state index is 13.2. The van der Waals surface area contributed by atoms with E-state index >= 15 is 0 Å². The lowest BCUT2D eigenvalue weighted by atomic mass is 9.95. The SMILES string of the molecule is O=C(Nc1ccccc1)N1CCN(CCCOc2ccc(C(=O)N3CCC(N4C(=O)CCc5ccccc54)CC3)cc2)CC1. The van der Waals surface area contributed by atoms with Gasteiger partial charge in [-0.3, -0.25) is 14.5 Å². The molecule has 9 nitrogen and oxygen atoms in total. The molecular formula is C35H41N5O4. The lowest BCUT2D eigenvalue weighted by molar-refractivity contribution is -0.119. The highest BCUT2D eigenvalue weighted by Gasteiger charge is 2.33. The van der Waals surface area contributed by atoms with E-state index in [0.717, 1.165) is 62.4 Å². The molecule has 2 saturated heterocycles. The van der Waals surface area contributed by atoms with Crippen LogP contribution < -0.4 is 15.0 Å². The highest BCUT2D eigenvalue weighted by atomic mass is 16.5. The second-order valence-electron chi connectivity index (χ2n) is 11.8. The second-order valence-corrected chi connectivity index (χ2v) is 11.8. The molecule has 0 atom stereocenters. The number of nitrogens with one attached hydrogen (secondary N) is 1. The number of fused-ring (bicyclic) bond motifs is 1. The molecule has 0 bridgehead atoms. The Labute approximate surface area is 259 Å². The summed E-state index contributed by atoms with van der Waals surface area (Å²) >= 11 is 0. The van der Waals surface area contributed by atoms with Gasteiger partial charge in [-0.2, -0.15) is 0 Å². The number of likely N-dealkylation sites (tertiary alicyclic amines) is 1. The van der Waals surface area contributed by atoms with Gasteiger partial charge in [0.15, 0.2) is 0 Å². The predicted octanol–water partition coefficient (Wildman–Crippen LogP) is 4.89. The summed E-state index contributed by atoms with van der Waals surface area (Å²) in [6, 6.07) is 25.2. The predicted molar refractivity (Wildman–Crippen MR) is 171 cm³/mol. The van der Waals surface area contributed by atoms with Crippen LogP contribution in [0.1, 0.15) is 41.6 Å². The molecule has 0 radical (unpaired) electrons. The summed E-state index contributed by atoms with van der Waals surface area (Å²) in [7, 11) is 0. The Morgan fingerprint density at radius 2 is 1.48 bits per heavy atom. The van der Waals surface area contributed by atoms with E-state index in [9.17, 15) is 14.4 Å². The quantitative estimate of drug-likeness (QED) is 0.375. The summed E-state index contributed by atoms with van der Waals surface area (Å²) in [5, 5.41) is 2.96. The summed E-state index contributed by atoms with van der Waals surface area (Å²) in [6.45, 7) is 5.88. The van der Waals surface area contributed by atoms with Gasteiger partial charge in [0.1, 0.15) is 5.75 Å². The molecule has 4 amide bonds. The maximum atomic E-state index is 13.2. The van der Waals surface area contributed by atoms with E-state index in [1.54, 1.807) is 0 Å². The number of para-hydroxylation sites is 2. The molecule has 3 aromatic rings. The van der Waals surface area contributed by atoms with E-state index in [2.05, 4.69) is 16.3 Å². The normalized spacial score (nSPS) is 17.7. The molecule has 44 heavy (non-hydrogen) atoms. The minimum atomic E-state index is -0.0503. The van der Waals surface area contributed by atoms with Gasteiger partial charge < -0.3 is 24.8 Å². The molecular weight excluding hydrogens is 554 g/mol. The minimum absolute atomic E-state index is 0.0250. The average Bonchev–Trinajstić information content (AvgIpc) is 3.07. The summed E-state index contributed by atoms with van der Waals surface area (Å²) in [5.41, 5.74) is 3.74. The van der Waals surface area contributed by atoms with Gasteiger partial charge in [0.2, 0.25) is 5.91 Å². The number of carbonyl (C=O) groups is 3. The van der Waals surface area contributed by atoms with Crippen LogP contribution >= 0.6 is 0 Å². The van der Waals surface area contributed by atoms with Crippen molar-refractivity contribution in [1.29, 1.82) is 0 Å². The lowest BCUT2D eigenvalue weighted by Gasteiger charge is -2.41. The van der Waals surface area contributed by atoms with E-state index in [-0.39, 0.29) is 23.9 Å². The third-order valence-electron chi connectivity index (χ3n) is 8.92. The zero-order chi connectivity index (χ0) is 30.3. The fourth-order valence-corrected chi connectivity index (χ4v) is 6.43. The number of nitrogens with zero attached hydrogens (tertiary/aromatic N) is 4. The Morgan fingerprint density at radius 3 is 2.23 bits per heavy atom. The number of piperazine rings is 1. The smallest absolute Gasteiger partial charge is 0.321 e. The van der Waals surface area contributed by atoms with Gasteiger partial charge in [-0.15, -0.1) is 0 Å². The Bertz CT molecular complexity index is 1430.